The van der Waals surface area contributed by atoms with Crippen LogP contribution in [0.15, 0.2) is 370 Å². The second kappa shape index (κ2) is 27.0. The quantitative estimate of drug-likeness (QED) is 0.113. The zero-order chi connectivity index (χ0) is 66.6. The van der Waals surface area contributed by atoms with Crippen molar-refractivity contribution in [2.75, 3.05) is 0 Å². The molecule has 14 aromatic carbocycles. The largest absolute Gasteiger partial charge is 0.247 e. The van der Waals surface area contributed by atoms with Crippen LogP contribution in [0.3, 0.4) is 0 Å². The molecule has 468 valence electrons. The first kappa shape index (κ1) is 60.2. The number of pyridine rings is 2. The highest BCUT2D eigenvalue weighted by Gasteiger charge is 2.20. The van der Waals surface area contributed by atoms with Gasteiger partial charge in [0.15, 0.2) is 23.3 Å². The minimum absolute atomic E-state index is 0.625. The van der Waals surface area contributed by atoms with Gasteiger partial charge in [0.25, 0.3) is 0 Å². The van der Waals surface area contributed by atoms with Crippen LogP contribution in [0.1, 0.15) is 0 Å². The van der Waals surface area contributed by atoms with E-state index < -0.39 is 0 Å². The summed E-state index contributed by atoms with van der Waals surface area (Å²) in [7, 11) is 0. The maximum atomic E-state index is 5.37. The zero-order valence-electron chi connectivity index (χ0n) is 54.3. The summed E-state index contributed by atoms with van der Waals surface area (Å²) in [5, 5.41) is 6.90. The minimum Gasteiger partial charge on any atom is -0.247 e. The van der Waals surface area contributed by atoms with Crippen LogP contribution in [-0.2, 0) is 0 Å². The van der Waals surface area contributed by atoms with Crippen LogP contribution in [0.25, 0.3) is 178 Å². The van der Waals surface area contributed by atoms with Gasteiger partial charge in [0.05, 0.1) is 33.8 Å². The van der Waals surface area contributed by atoms with Gasteiger partial charge in [0, 0.05) is 66.1 Å². The molecule has 4 heterocycles. The Labute approximate surface area is 579 Å². The molecular formula is C93H61N7. The number of aromatic nitrogens is 7. The van der Waals surface area contributed by atoms with Crippen molar-refractivity contribution in [2.45, 2.75) is 0 Å². The molecule has 0 fully saturated rings. The molecule has 0 aliphatic heterocycles. The standard InChI is InChI=1S/C47H31N3.C46H30N4/c1-5-15-32(16-6-1)40-29-42-41(33-17-7-2-8-18-33)30-43(48-46(42)39-24-14-13-23-38(39)40)36-25-27-37(28-26-36)47-49-44(34-19-9-3-10-20-34)31-45(50-47)35-21-11-4-12-22-35;1-5-15-31(16-6-1)39-29-41-40(32-17-7-2-8-18-32)30-42(47-43(41)38-24-14-13-23-37(38)39)33-25-27-36(28-26-33)46-49-44(34-19-9-3-10-20-34)48-45(50-46)35-21-11-4-12-22-35/h1-31H;1-30H. The van der Waals surface area contributed by atoms with E-state index in [1.807, 2.05) is 97.1 Å². The van der Waals surface area contributed by atoms with Gasteiger partial charge in [-0.15, -0.1) is 0 Å². The van der Waals surface area contributed by atoms with Crippen molar-refractivity contribution in [3.05, 3.63) is 370 Å². The van der Waals surface area contributed by atoms with Crippen molar-refractivity contribution in [1.82, 2.24) is 34.9 Å². The summed E-state index contributed by atoms with van der Waals surface area (Å²) in [5.74, 6) is 2.60. The molecule has 4 aromatic heterocycles. The first-order chi connectivity index (χ1) is 49.6. The molecule has 0 aliphatic carbocycles. The third kappa shape index (κ3) is 12.1. The number of rotatable bonds is 12. The normalized spacial score (nSPS) is 11.2. The maximum Gasteiger partial charge on any atom is 0.164 e. The first-order valence-corrected chi connectivity index (χ1v) is 33.6. The Kier molecular flexibility index (Phi) is 16.2. The number of nitrogens with zero attached hydrogens (tertiary/aromatic N) is 7. The average Bonchev–Trinajstić information content (AvgIpc) is 0.747. The highest BCUT2D eigenvalue weighted by Crippen LogP contribution is 2.43. The Balaban J connectivity index is 0.000000150. The smallest absolute Gasteiger partial charge is 0.164 e. The fourth-order valence-electron chi connectivity index (χ4n) is 13.4. The number of benzene rings is 14. The monoisotopic (exact) mass is 1280 g/mol. The molecule has 0 amide bonds. The maximum absolute atomic E-state index is 5.37. The van der Waals surface area contributed by atoms with Gasteiger partial charge in [0.1, 0.15) is 0 Å². The van der Waals surface area contributed by atoms with Gasteiger partial charge >= 0.3 is 0 Å². The van der Waals surface area contributed by atoms with E-state index in [2.05, 4.69) is 273 Å². The van der Waals surface area contributed by atoms with E-state index in [9.17, 15) is 0 Å². The molecule has 0 aliphatic rings. The number of hydrogen-bond acceptors (Lipinski definition) is 7. The fourth-order valence-corrected chi connectivity index (χ4v) is 13.4. The topological polar surface area (TPSA) is 90.2 Å². The minimum atomic E-state index is 0.625. The highest BCUT2D eigenvalue weighted by molar-refractivity contribution is 6.17. The molecule has 0 N–H and O–H groups in total. The lowest BCUT2D eigenvalue weighted by atomic mass is 9.91. The second-order valence-electron chi connectivity index (χ2n) is 24.7. The summed E-state index contributed by atoms with van der Waals surface area (Å²) < 4.78 is 0. The summed E-state index contributed by atoms with van der Waals surface area (Å²) in [6.07, 6.45) is 0. The molecule has 18 rings (SSSR count). The SMILES string of the molecule is c1ccc(-c2cc(-c3ccccc3)nc(-c3ccc(-c4cc(-c5ccccc5)c5cc(-c6ccccc6)c6ccccc6c5n4)cc3)n2)cc1.c1ccc(-c2nc(-c3ccccc3)nc(-c3ccc(-c4cc(-c5ccccc5)c5cc(-c6ccccc6)c6ccccc6c5n4)cc3)n2)cc1. The van der Waals surface area contributed by atoms with E-state index in [1.165, 1.54) is 33.0 Å². The summed E-state index contributed by atoms with van der Waals surface area (Å²) in [6.45, 7) is 0. The molecule has 0 radical (unpaired) electrons. The van der Waals surface area contributed by atoms with Crippen molar-refractivity contribution < 1.29 is 0 Å². The van der Waals surface area contributed by atoms with Gasteiger partial charge in [-0.3, -0.25) is 0 Å². The predicted octanol–water partition coefficient (Wildman–Crippen LogP) is 23.8. The van der Waals surface area contributed by atoms with Crippen LogP contribution >= 0.6 is 0 Å². The van der Waals surface area contributed by atoms with Gasteiger partial charge in [-0.05, 0) is 85.6 Å². The van der Waals surface area contributed by atoms with Crippen LogP contribution in [0, 0.1) is 0 Å². The lowest BCUT2D eigenvalue weighted by Crippen LogP contribution is -2.00. The molecule has 7 heteroatoms. The predicted molar refractivity (Wildman–Crippen MR) is 413 cm³/mol. The van der Waals surface area contributed by atoms with Crippen molar-refractivity contribution in [1.29, 1.82) is 0 Å². The van der Waals surface area contributed by atoms with Crippen molar-refractivity contribution in [3.8, 4) is 135 Å². The molecule has 0 atom stereocenters. The molecule has 0 bridgehead atoms. The number of fused-ring (bicyclic) bond motifs is 6. The van der Waals surface area contributed by atoms with E-state index in [0.717, 1.165) is 122 Å². The van der Waals surface area contributed by atoms with E-state index in [4.69, 9.17) is 34.9 Å². The molecule has 7 nitrogen and oxygen atoms in total. The Morgan fingerprint density at radius 3 is 0.650 bits per heavy atom. The van der Waals surface area contributed by atoms with Gasteiger partial charge < -0.3 is 0 Å². The van der Waals surface area contributed by atoms with Gasteiger partial charge in [-0.1, -0.05) is 340 Å². The first-order valence-electron chi connectivity index (χ1n) is 33.6. The molecule has 18 aromatic rings. The van der Waals surface area contributed by atoms with Crippen molar-refractivity contribution >= 4 is 43.4 Å². The fraction of sp³-hybridized carbons (Fsp3) is 0. The van der Waals surface area contributed by atoms with E-state index in [-0.39, 0.29) is 0 Å². The zero-order valence-corrected chi connectivity index (χ0v) is 54.3. The van der Waals surface area contributed by atoms with E-state index in [1.54, 1.807) is 0 Å². The van der Waals surface area contributed by atoms with Crippen molar-refractivity contribution in [3.63, 3.8) is 0 Å². The van der Waals surface area contributed by atoms with E-state index in [0.29, 0.717) is 23.3 Å². The lowest BCUT2D eigenvalue weighted by Gasteiger charge is -2.16. The lowest BCUT2D eigenvalue weighted by molar-refractivity contribution is 1.07. The van der Waals surface area contributed by atoms with Crippen LogP contribution < -0.4 is 0 Å². The van der Waals surface area contributed by atoms with Gasteiger partial charge in [-0.2, -0.15) is 0 Å². The van der Waals surface area contributed by atoms with E-state index >= 15 is 0 Å². The molecule has 0 saturated heterocycles. The Hall–Kier alpha value is -13.5. The summed E-state index contributed by atoms with van der Waals surface area (Å²) in [4.78, 5) is 35.5. The highest BCUT2D eigenvalue weighted by atomic mass is 15.0. The Bertz CT molecular complexity index is 5460. The van der Waals surface area contributed by atoms with Gasteiger partial charge in [-0.25, -0.2) is 34.9 Å². The molecule has 0 saturated carbocycles. The third-order valence-electron chi connectivity index (χ3n) is 18.4. The molecule has 100 heavy (non-hydrogen) atoms. The summed E-state index contributed by atoms with van der Waals surface area (Å²) in [6, 6.07) is 128. The summed E-state index contributed by atoms with van der Waals surface area (Å²) >= 11 is 0. The third-order valence-corrected chi connectivity index (χ3v) is 18.4. The Morgan fingerprint density at radius 1 is 0.130 bits per heavy atom. The average molecular weight is 1280 g/mol. The molecular weight excluding hydrogens is 1220 g/mol. The van der Waals surface area contributed by atoms with Crippen LogP contribution in [0.4, 0.5) is 0 Å². The Morgan fingerprint density at radius 2 is 0.340 bits per heavy atom. The number of hydrogen-bond donors (Lipinski definition) is 0. The van der Waals surface area contributed by atoms with Gasteiger partial charge in [0.2, 0.25) is 0 Å². The molecule has 0 unspecified atom stereocenters. The molecule has 0 spiro atoms. The van der Waals surface area contributed by atoms with Crippen molar-refractivity contribution in [2.24, 2.45) is 0 Å². The summed E-state index contributed by atoms with van der Waals surface area (Å²) in [5.41, 5.74) is 22.9. The second-order valence-corrected chi connectivity index (χ2v) is 24.7. The van der Waals surface area contributed by atoms with Crippen LogP contribution in [-0.4, -0.2) is 34.9 Å². The van der Waals surface area contributed by atoms with Crippen LogP contribution in [0.5, 0.6) is 0 Å². The van der Waals surface area contributed by atoms with Crippen LogP contribution in [0.2, 0.25) is 0 Å².